The maximum Gasteiger partial charge on any atom is 0.0578 e. The number of hydrogen-bond donors (Lipinski definition) is 0. The van der Waals surface area contributed by atoms with Crippen LogP contribution in [0.25, 0.3) is 0 Å². The van der Waals surface area contributed by atoms with Crippen molar-refractivity contribution in [1.29, 1.82) is 0 Å². The lowest BCUT2D eigenvalue weighted by atomic mass is 9.44. The lowest BCUT2D eigenvalue weighted by Crippen LogP contribution is -2.54. The van der Waals surface area contributed by atoms with Gasteiger partial charge in [-0.1, -0.05) is 106 Å². The lowest BCUT2D eigenvalue weighted by molar-refractivity contribution is -0.136. The van der Waals surface area contributed by atoms with Gasteiger partial charge in [-0.2, -0.15) is 0 Å². The molecule has 0 radical (unpaired) electrons. The fourth-order valence-electron chi connectivity index (χ4n) is 10.9. The molecule has 222 valence electrons. The van der Waals surface area contributed by atoms with Gasteiger partial charge in [-0.3, -0.25) is 0 Å². The van der Waals surface area contributed by atoms with E-state index >= 15 is 0 Å². The van der Waals surface area contributed by atoms with Gasteiger partial charge in [0.05, 0.1) is 6.10 Å². The second kappa shape index (κ2) is 14.2. The summed E-state index contributed by atoms with van der Waals surface area (Å²) in [6.07, 6.45) is 29.4. The van der Waals surface area contributed by atoms with Gasteiger partial charge in [-0.05, 0) is 116 Å². The summed E-state index contributed by atoms with van der Waals surface area (Å²) in [6, 6.07) is 0. The van der Waals surface area contributed by atoms with Gasteiger partial charge in [0, 0.05) is 6.61 Å². The first kappa shape index (κ1) is 30.9. The van der Waals surface area contributed by atoms with Crippen LogP contribution in [0.1, 0.15) is 170 Å². The van der Waals surface area contributed by atoms with Crippen molar-refractivity contribution in [2.45, 2.75) is 176 Å². The first-order chi connectivity index (χ1) is 18.3. The Labute approximate surface area is 239 Å². The summed E-state index contributed by atoms with van der Waals surface area (Å²) in [5.41, 5.74) is 1.24. The molecule has 0 saturated heterocycles. The van der Waals surface area contributed by atoms with Crippen molar-refractivity contribution in [3.63, 3.8) is 0 Å². The number of fused-ring (bicyclic) bond motifs is 5. The van der Waals surface area contributed by atoms with Gasteiger partial charge in [-0.15, -0.1) is 0 Å². The van der Waals surface area contributed by atoms with Crippen LogP contribution in [0.15, 0.2) is 0 Å². The molecule has 0 bridgehead atoms. The fraction of sp³-hybridized carbons (Fsp3) is 1.00. The predicted molar refractivity (Wildman–Crippen MR) is 165 cm³/mol. The summed E-state index contributed by atoms with van der Waals surface area (Å²) in [6.45, 7) is 16.2. The van der Waals surface area contributed by atoms with Crippen LogP contribution in [0.3, 0.4) is 0 Å². The number of ether oxygens (including phenoxy) is 1. The molecule has 9 atom stereocenters. The lowest BCUT2D eigenvalue weighted by Gasteiger charge is -2.61. The van der Waals surface area contributed by atoms with E-state index in [0.29, 0.717) is 16.9 Å². The summed E-state index contributed by atoms with van der Waals surface area (Å²) in [4.78, 5) is 0. The number of rotatable bonds is 15. The van der Waals surface area contributed by atoms with E-state index in [9.17, 15) is 0 Å². The van der Waals surface area contributed by atoms with Gasteiger partial charge in [0.2, 0.25) is 0 Å². The molecule has 4 fully saturated rings. The topological polar surface area (TPSA) is 9.23 Å². The highest BCUT2D eigenvalue weighted by Crippen LogP contribution is 2.68. The zero-order valence-electron chi connectivity index (χ0n) is 26.9. The molecule has 4 rings (SSSR count). The zero-order chi connectivity index (χ0) is 27.2. The van der Waals surface area contributed by atoms with Crippen LogP contribution in [-0.2, 0) is 4.74 Å². The monoisotopic (exact) mass is 529 g/mol. The molecule has 1 heteroatoms. The molecule has 4 aliphatic carbocycles. The van der Waals surface area contributed by atoms with Crippen molar-refractivity contribution in [3.8, 4) is 0 Å². The average Bonchev–Trinajstić information content (AvgIpc) is 3.25. The third-order valence-electron chi connectivity index (χ3n) is 13.2. The molecule has 4 saturated carbocycles. The summed E-state index contributed by atoms with van der Waals surface area (Å²) in [7, 11) is 0. The minimum absolute atomic E-state index is 0.561. The smallest absolute Gasteiger partial charge is 0.0578 e. The van der Waals surface area contributed by atoms with Crippen molar-refractivity contribution in [3.05, 3.63) is 0 Å². The first-order valence-corrected chi connectivity index (χ1v) is 17.9. The van der Waals surface area contributed by atoms with Crippen molar-refractivity contribution < 1.29 is 4.74 Å². The molecular formula is C37H68O. The van der Waals surface area contributed by atoms with E-state index < -0.39 is 0 Å². The van der Waals surface area contributed by atoms with E-state index in [0.717, 1.165) is 48.0 Å². The van der Waals surface area contributed by atoms with Gasteiger partial charge in [0.1, 0.15) is 0 Å². The molecule has 0 spiro atoms. The Bertz CT molecular complexity index is 684. The summed E-state index contributed by atoms with van der Waals surface area (Å²) >= 11 is 0. The summed E-state index contributed by atoms with van der Waals surface area (Å²) < 4.78 is 6.53. The standard InChI is InChI=1S/C37H68O/c1-7-8-9-10-11-12-13-14-26-38-31-22-24-36(5)30(27-31)18-19-32-34-21-20-33(29(4)17-15-16-28(2)3)37(34,6)25-23-35(32)36/h28-35H,7-27H2,1-6H3/t29-,30+,31+,32+,33-,34+,35+,36+,37-/m1/s1. The Hall–Kier alpha value is -0.0400. The number of unbranched alkanes of at least 4 members (excludes halogenated alkanes) is 7. The quantitative estimate of drug-likeness (QED) is 0.192. The molecule has 0 amide bonds. The van der Waals surface area contributed by atoms with Gasteiger partial charge < -0.3 is 4.74 Å². The van der Waals surface area contributed by atoms with Crippen molar-refractivity contribution in [2.24, 2.45) is 52.3 Å². The normalized spacial score (nSPS) is 39.6. The highest BCUT2D eigenvalue weighted by Gasteiger charge is 2.60. The van der Waals surface area contributed by atoms with Crippen LogP contribution in [0, 0.1) is 52.3 Å². The molecule has 0 heterocycles. The van der Waals surface area contributed by atoms with Crippen LogP contribution < -0.4 is 0 Å². The minimum Gasteiger partial charge on any atom is -0.378 e. The van der Waals surface area contributed by atoms with Crippen molar-refractivity contribution in [1.82, 2.24) is 0 Å². The third-order valence-corrected chi connectivity index (χ3v) is 13.2. The highest BCUT2D eigenvalue weighted by atomic mass is 16.5. The Balaban J connectivity index is 1.23. The van der Waals surface area contributed by atoms with Gasteiger partial charge in [0.15, 0.2) is 0 Å². The maximum absolute atomic E-state index is 6.53. The SMILES string of the molecule is CCCCCCCCCCO[C@H]1CC[C@@]2(C)[C@@H](CC[C@@H]3[C@@H]2CC[C@]2(C)[C@@H]([C@H](C)CCCC(C)C)CC[C@@H]32)C1. The molecule has 4 aliphatic rings. The average molecular weight is 529 g/mol. The molecule has 0 aromatic carbocycles. The van der Waals surface area contributed by atoms with Gasteiger partial charge in [0.25, 0.3) is 0 Å². The largest absolute Gasteiger partial charge is 0.378 e. The van der Waals surface area contributed by atoms with Crippen LogP contribution in [-0.4, -0.2) is 12.7 Å². The first-order valence-electron chi connectivity index (χ1n) is 17.9. The Kier molecular flexibility index (Phi) is 11.6. The van der Waals surface area contributed by atoms with Crippen LogP contribution >= 0.6 is 0 Å². The molecule has 0 aliphatic heterocycles. The van der Waals surface area contributed by atoms with Crippen LogP contribution in [0.4, 0.5) is 0 Å². The highest BCUT2D eigenvalue weighted by molar-refractivity contribution is 5.09. The Morgan fingerprint density at radius 3 is 2.11 bits per heavy atom. The van der Waals surface area contributed by atoms with Gasteiger partial charge in [-0.25, -0.2) is 0 Å². The second-order valence-corrected chi connectivity index (χ2v) is 15.9. The molecule has 38 heavy (non-hydrogen) atoms. The van der Waals surface area contributed by atoms with Crippen molar-refractivity contribution in [2.75, 3.05) is 6.61 Å². The summed E-state index contributed by atoms with van der Waals surface area (Å²) in [5.74, 6) is 6.77. The van der Waals surface area contributed by atoms with E-state index in [1.807, 2.05) is 0 Å². The third kappa shape index (κ3) is 7.05. The van der Waals surface area contributed by atoms with Crippen LogP contribution in [0.5, 0.6) is 0 Å². The summed E-state index contributed by atoms with van der Waals surface area (Å²) in [5, 5.41) is 0. The zero-order valence-corrected chi connectivity index (χ0v) is 26.9. The molecule has 0 aromatic heterocycles. The molecular weight excluding hydrogens is 460 g/mol. The van der Waals surface area contributed by atoms with E-state index in [1.165, 1.54) is 122 Å². The molecule has 0 N–H and O–H groups in total. The Morgan fingerprint density at radius 2 is 1.37 bits per heavy atom. The fourth-order valence-corrected chi connectivity index (χ4v) is 10.9. The van der Waals surface area contributed by atoms with Crippen LogP contribution in [0.2, 0.25) is 0 Å². The second-order valence-electron chi connectivity index (χ2n) is 15.9. The predicted octanol–water partition coefficient (Wildman–Crippen LogP) is 11.6. The van der Waals surface area contributed by atoms with Crippen molar-refractivity contribution >= 4 is 0 Å². The molecule has 1 nitrogen and oxygen atoms in total. The number of hydrogen-bond acceptors (Lipinski definition) is 1. The Morgan fingerprint density at radius 1 is 0.684 bits per heavy atom. The minimum atomic E-state index is 0.561. The maximum atomic E-state index is 6.53. The van der Waals surface area contributed by atoms with E-state index in [2.05, 4.69) is 41.5 Å². The molecule has 0 aromatic rings. The van der Waals surface area contributed by atoms with Gasteiger partial charge >= 0.3 is 0 Å². The van der Waals surface area contributed by atoms with E-state index in [-0.39, 0.29) is 0 Å². The van der Waals surface area contributed by atoms with E-state index in [4.69, 9.17) is 4.74 Å². The molecule has 0 unspecified atom stereocenters. The van der Waals surface area contributed by atoms with E-state index in [1.54, 1.807) is 6.42 Å².